The largest absolute Gasteiger partial charge is 0.446 e. The van der Waals surface area contributed by atoms with Gasteiger partial charge in [0.1, 0.15) is 11.4 Å². The first-order chi connectivity index (χ1) is 8.73. The molecule has 114 valence electrons. The zero-order valence-corrected chi connectivity index (χ0v) is 9.66. The van der Waals surface area contributed by atoms with Gasteiger partial charge in [-0.25, -0.2) is 4.39 Å². The maximum Gasteiger partial charge on any atom is 0.446 e. The van der Waals surface area contributed by atoms with Crippen LogP contribution in [-0.2, 0) is 12.4 Å². The maximum atomic E-state index is 13.3. The molecule has 1 aromatic carbocycles. The van der Waals surface area contributed by atoms with Crippen LogP contribution in [0.25, 0.3) is 0 Å². The van der Waals surface area contributed by atoms with Crippen LogP contribution in [0, 0.1) is 5.82 Å². The van der Waals surface area contributed by atoms with E-state index in [-0.39, 0.29) is 12.1 Å². The van der Waals surface area contributed by atoms with Crippen LogP contribution in [0.1, 0.15) is 11.1 Å². The van der Waals surface area contributed by atoms with Gasteiger partial charge >= 0.3 is 17.9 Å². The van der Waals surface area contributed by atoms with Crippen molar-refractivity contribution in [3.63, 3.8) is 0 Å². The van der Waals surface area contributed by atoms with E-state index in [9.17, 15) is 43.9 Å². The minimum Gasteiger partial charge on any atom is -0.206 e. The molecule has 0 saturated carbocycles. The summed E-state index contributed by atoms with van der Waals surface area (Å²) in [5.41, 5.74) is -10.1. The lowest BCUT2D eigenvalue weighted by Gasteiger charge is -2.17. The number of alkyl halides is 9. The molecular weight excluding hydrogens is 330 g/mol. The summed E-state index contributed by atoms with van der Waals surface area (Å²) in [5, 5.41) is 0. The van der Waals surface area contributed by atoms with E-state index in [1.165, 1.54) is 0 Å². The molecule has 0 aliphatic heterocycles. The van der Waals surface area contributed by atoms with Gasteiger partial charge in [0.15, 0.2) is 0 Å². The summed E-state index contributed by atoms with van der Waals surface area (Å²) in [6, 6.07) is -0.231. The molecule has 1 rings (SSSR count). The number of thioether (sulfide) groups is 1. The summed E-state index contributed by atoms with van der Waals surface area (Å²) in [4.78, 5) is -1.68. The van der Waals surface area contributed by atoms with Crippen LogP contribution in [0.3, 0.4) is 0 Å². The summed E-state index contributed by atoms with van der Waals surface area (Å²) in [5.74, 6) is -2.78. The Hall–Kier alpha value is -1.13. The highest BCUT2D eigenvalue weighted by atomic mass is 32.2. The minimum absolute atomic E-state index is 0.0626. The topological polar surface area (TPSA) is 0 Å². The molecule has 0 radical (unpaired) electrons. The Bertz CT molecular complexity index is 495. The SMILES string of the molecule is Fc1c(C(F)(F)F)ccc(SC(F)(F)F)c1C(F)(F)F. The number of hydrogen-bond acceptors (Lipinski definition) is 1. The molecule has 0 heterocycles. The van der Waals surface area contributed by atoms with Gasteiger partial charge in [-0.3, -0.25) is 0 Å². The first-order valence-electron chi connectivity index (χ1n) is 4.46. The number of halogens is 10. The van der Waals surface area contributed by atoms with E-state index in [1.807, 2.05) is 0 Å². The molecule has 0 spiro atoms. The second-order valence-corrected chi connectivity index (χ2v) is 4.45. The Morgan fingerprint density at radius 2 is 1.25 bits per heavy atom. The Balaban J connectivity index is 3.53. The molecule has 0 amide bonds. The molecule has 0 bridgehead atoms. The summed E-state index contributed by atoms with van der Waals surface area (Å²) in [7, 11) is 0. The Labute approximate surface area is 108 Å². The molecule has 0 aliphatic rings. The fourth-order valence-electron chi connectivity index (χ4n) is 1.25. The van der Waals surface area contributed by atoms with Crippen LogP contribution in [0.4, 0.5) is 43.9 Å². The highest BCUT2D eigenvalue weighted by Gasteiger charge is 2.45. The van der Waals surface area contributed by atoms with Gasteiger partial charge in [-0.15, -0.1) is 0 Å². The lowest BCUT2D eigenvalue weighted by molar-refractivity contribution is -0.149. The van der Waals surface area contributed by atoms with E-state index < -0.39 is 51.5 Å². The molecule has 0 N–H and O–H groups in total. The number of rotatable bonds is 1. The lowest BCUT2D eigenvalue weighted by atomic mass is 10.1. The number of hydrogen-bond donors (Lipinski definition) is 0. The molecule has 0 fully saturated rings. The molecule has 0 unspecified atom stereocenters. The van der Waals surface area contributed by atoms with Gasteiger partial charge < -0.3 is 0 Å². The van der Waals surface area contributed by atoms with E-state index in [0.717, 1.165) is 0 Å². The van der Waals surface area contributed by atoms with Crippen molar-refractivity contribution in [3.05, 3.63) is 29.1 Å². The third-order valence-corrected chi connectivity index (χ3v) is 2.71. The van der Waals surface area contributed by atoms with Crippen molar-refractivity contribution in [2.45, 2.75) is 22.8 Å². The van der Waals surface area contributed by atoms with E-state index >= 15 is 0 Å². The van der Waals surface area contributed by atoms with Crippen LogP contribution in [0.5, 0.6) is 0 Å². The van der Waals surface area contributed by atoms with Crippen molar-refractivity contribution >= 4 is 11.8 Å². The van der Waals surface area contributed by atoms with Crippen molar-refractivity contribution in [1.29, 1.82) is 0 Å². The predicted molar refractivity (Wildman–Crippen MR) is 48.3 cm³/mol. The highest BCUT2D eigenvalue weighted by Crippen LogP contribution is 2.47. The third kappa shape index (κ3) is 3.93. The molecule has 0 atom stereocenters. The molecule has 0 nitrogen and oxygen atoms in total. The average Bonchev–Trinajstić information content (AvgIpc) is 2.09. The quantitative estimate of drug-likeness (QED) is 0.485. The van der Waals surface area contributed by atoms with Crippen LogP contribution in [0.2, 0.25) is 0 Å². The van der Waals surface area contributed by atoms with Crippen molar-refractivity contribution in [3.8, 4) is 0 Å². The fraction of sp³-hybridized carbons (Fsp3) is 0.333. The first kappa shape index (κ1) is 16.9. The lowest BCUT2D eigenvalue weighted by Crippen LogP contribution is -2.17. The number of benzene rings is 1. The standard InChI is InChI=1S/C9H2F10S/c10-6-3(7(11,12)13)1-2-4(20-9(17,18)19)5(6)8(14,15)16/h1-2H. The fourth-order valence-corrected chi connectivity index (χ4v) is 1.94. The summed E-state index contributed by atoms with van der Waals surface area (Å²) in [6.45, 7) is 0. The van der Waals surface area contributed by atoms with Gasteiger partial charge in [0.05, 0.1) is 5.56 Å². The summed E-state index contributed by atoms with van der Waals surface area (Å²) >= 11 is -1.34. The molecule has 0 aromatic heterocycles. The predicted octanol–water partition coefficient (Wildman–Crippen LogP) is 5.48. The second kappa shape index (κ2) is 5.01. The van der Waals surface area contributed by atoms with E-state index in [0.29, 0.717) is 0 Å². The van der Waals surface area contributed by atoms with Crippen molar-refractivity contribution in [2.24, 2.45) is 0 Å². The van der Waals surface area contributed by atoms with Crippen molar-refractivity contribution < 1.29 is 43.9 Å². The Morgan fingerprint density at radius 1 is 0.750 bits per heavy atom. The van der Waals surface area contributed by atoms with Crippen LogP contribution in [0.15, 0.2) is 17.0 Å². The van der Waals surface area contributed by atoms with Gasteiger partial charge in [-0.1, -0.05) is 0 Å². The summed E-state index contributed by atoms with van der Waals surface area (Å²) < 4.78 is 124. The van der Waals surface area contributed by atoms with Gasteiger partial charge in [0, 0.05) is 4.90 Å². The second-order valence-electron chi connectivity index (χ2n) is 3.34. The molecule has 20 heavy (non-hydrogen) atoms. The average molecular weight is 332 g/mol. The van der Waals surface area contributed by atoms with E-state index in [4.69, 9.17) is 0 Å². The third-order valence-electron chi connectivity index (χ3n) is 1.92. The molecular formula is C9H2F10S. The van der Waals surface area contributed by atoms with Crippen LogP contribution >= 0.6 is 11.8 Å². The van der Waals surface area contributed by atoms with Crippen molar-refractivity contribution in [2.75, 3.05) is 0 Å². The Morgan fingerprint density at radius 3 is 1.60 bits per heavy atom. The van der Waals surface area contributed by atoms with Crippen LogP contribution < -0.4 is 0 Å². The van der Waals surface area contributed by atoms with Gasteiger partial charge in [0.25, 0.3) is 0 Å². The zero-order chi connectivity index (χ0) is 15.9. The van der Waals surface area contributed by atoms with Crippen LogP contribution in [-0.4, -0.2) is 5.51 Å². The molecule has 0 saturated heterocycles. The maximum absolute atomic E-state index is 13.3. The Kier molecular flexibility index (Phi) is 4.24. The minimum atomic E-state index is -5.70. The highest BCUT2D eigenvalue weighted by molar-refractivity contribution is 8.00. The van der Waals surface area contributed by atoms with Gasteiger partial charge in [-0.05, 0) is 23.9 Å². The van der Waals surface area contributed by atoms with Crippen molar-refractivity contribution in [1.82, 2.24) is 0 Å². The molecule has 11 heteroatoms. The van der Waals surface area contributed by atoms with E-state index in [2.05, 4.69) is 0 Å². The monoisotopic (exact) mass is 332 g/mol. The zero-order valence-electron chi connectivity index (χ0n) is 8.84. The smallest absolute Gasteiger partial charge is 0.206 e. The first-order valence-corrected chi connectivity index (χ1v) is 5.28. The summed E-state index contributed by atoms with van der Waals surface area (Å²) in [6.07, 6.45) is -11.1. The van der Waals surface area contributed by atoms with Gasteiger partial charge in [-0.2, -0.15) is 39.5 Å². The normalized spacial score (nSPS) is 13.7. The van der Waals surface area contributed by atoms with Gasteiger partial charge in [0.2, 0.25) is 0 Å². The molecule has 1 aromatic rings. The molecule has 0 aliphatic carbocycles. The van der Waals surface area contributed by atoms with E-state index in [1.54, 1.807) is 0 Å².